The number of hydrogen-bond donors (Lipinski definition) is 3. The number of rotatable bonds is 19. The van der Waals surface area contributed by atoms with Gasteiger partial charge in [0.25, 0.3) is 0 Å². The van der Waals surface area contributed by atoms with Crippen molar-refractivity contribution in [3.05, 3.63) is 0 Å². The molecule has 0 spiro atoms. The lowest BCUT2D eigenvalue weighted by atomic mass is 10.0. The maximum Gasteiger partial charge on any atom is 0.217 e. The van der Waals surface area contributed by atoms with Gasteiger partial charge in [-0.2, -0.15) is 0 Å². The van der Waals surface area contributed by atoms with Crippen LogP contribution in [0.4, 0.5) is 0 Å². The second-order valence-corrected chi connectivity index (χ2v) is 8.36. The molecule has 0 fully saturated rings. The second-order valence-electron chi connectivity index (χ2n) is 8.36. The number of amides is 1. The third-order valence-corrected chi connectivity index (χ3v) is 5.41. The molecule has 0 aromatic carbocycles. The molecule has 0 aromatic heterocycles. The summed E-state index contributed by atoms with van der Waals surface area (Å²) >= 11 is 0. The number of nitrogens with two attached hydrogens (primary N) is 1. The smallest absolute Gasteiger partial charge is 0.217 e. The molecule has 0 aliphatic rings. The maximum absolute atomic E-state index is 10.6. The van der Waals surface area contributed by atoms with Gasteiger partial charge in [-0.05, 0) is 43.9 Å². The summed E-state index contributed by atoms with van der Waals surface area (Å²) < 4.78 is 0. The summed E-state index contributed by atoms with van der Waals surface area (Å²) in [6, 6.07) is 0. The van der Waals surface area contributed by atoms with Crippen molar-refractivity contribution in [1.82, 2.24) is 0 Å². The van der Waals surface area contributed by atoms with E-state index in [4.69, 9.17) is 5.73 Å². The van der Waals surface area contributed by atoms with Crippen LogP contribution in [-0.4, -0.2) is 21.9 Å². The van der Waals surface area contributed by atoms with Gasteiger partial charge in [-0.3, -0.25) is 4.79 Å². The average Bonchev–Trinajstić information content (AvgIpc) is 2.71. The van der Waals surface area contributed by atoms with Crippen molar-refractivity contribution in [1.29, 1.82) is 0 Å². The lowest BCUT2D eigenvalue weighted by molar-refractivity contribution is -0.167. The van der Waals surface area contributed by atoms with E-state index in [2.05, 4.69) is 23.7 Å². The molecule has 0 rings (SSSR count). The summed E-state index contributed by atoms with van der Waals surface area (Å²) in [5.41, 5.74) is 5.11. The van der Waals surface area contributed by atoms with Crippen LogP contribution >= 0.6 is 0 Å². The van der Waals surface area contributed by atoms with Crippen LogP contribution in [0, 0.1) is 23.7 Å². The average molecular weight is 420 g/mol. The van der Waals surface area contributed by atoms with Gasteiger partial charge in [-0.15, -0.1) is 0 Å². The molecule has 4 N–H and O–H groups in total. The molecule has 0 aliphatic heterocycles. The first-order valence-electron chi connectivity index (χ1n) is 12.2. The molecule has 0 bridgehead atoms. The Hall–Kier alpha value is -1.49. The van der Waals surface area contributed by atoms with Gasteiger partial charge in [0.2, 0.25) is 5.91 Å². The quantitative estimate of drug-likeness (QED) is 0.145. The van der Waals surface area contributed by atoms with Crippen LogP contribution in [0.2, 0.25) is 0 Å². The molecule has 0 aromatic rings. The van der Waals surface area contributed by atoms with Crippen LogP contribution in [0.3, 0.4) is 0 Å². The Bertz CT molecular complexity index is 534. The maximum atomic E-state index is 10.6. The molecular formula is C26H45NO3. The molecule has 30 heavy (non-hydrogen) atoms. The van der Waals surface area contributed by atoms with E-state index in [1.54, 1.807) is 6.92 Å². The zero-order valence-electron chi connectivity index (χ0n) is 19.3. The second kappa shape index (κ2) is 20.8. The lowest BCUT2D eigenvalue weighted by Gasteiger charge is -2.19. The first-order valence-corrected chi connectivity index (χ1v) is 12.2. The number of primary amides is 1. The summed E-state index contributed by atoms with van der Waals surface area (Å²) in [4.78, 5) is 10.6. The summed E-state index contributed by atoms with van der Waals surface area (Å²) in [7, 11) is 0. The predicted molar refractivity (Wildman–Crippen MR) is 125 cm³/mol. The van der Waals surface area contributed by atoms with E-state index < -0.39 is 5.79 Å². The van der Waals surface area contributed by atoms with E-state index in [0.717, 1.165) is 51.4 Å². The summed E-state index contributed by atoms with van der Waals surface area (Å²) in [6.07, 6.45) is 19.3. The zero-order chi connectivity index (χ0) is 22.3. The van der Waals surface area contributed by atoms with Crippen LogP contribution < -0.4 is 5.73 Å². The molecule has 0 saturated carbocycles. The van der Waals surface area contributed by atoms with Crippen molar-refractivity contribution in [2.75, 3.05) is 0 Å². The standard InChI is InChI=1S/C26H45NO3/c1-2-26(29,30)24-22-20-18-16-14-12-10-8-6-4-3-5-7-9-11-13-15-17-19-21-23-25(27)28/h29-30H,2,6,8-24H2,1H3,(H2,27,28). The number of carbonyl (C=O) groups is 1. The van der Waals surface area contributed by atoms with Gasteiger partial charge >= 0.3 is 0 Å². The molecule has 1 amide bonds. The predicted octanol–water partition coefficient (Wildman–Crippen LogP) is 5.59. The van der Waals surface area contributed by atoms with Gasteiger partial charge in [0.05, 0.1) is 0 Å². The van der Waals surface area contributed by atoms with Gasteiger partial charge in [-0.1, -0.05) is 83.0 Å². The van der Waals surface area contributed by atoms with Gasteiger partial charge in [0, 0.05) is 25.7 Å². The van der Waals surface area contributed by atoms with Crippen molar-refractivity contribution >= 4 is 5.91 Å². The minimum absolute atomic E-state index is 0.194. The van der Waals surface area contributed by atoms with Crippen molar-refractivity contribution < 1.29 is 15.0 Å². The van der Waals surface area contributed by atoms with Crippen LogP contribution in [0.1, 0.15) is 129 Å². The monoisotopic (exact) mass is 419 g/mol. The summed E-state index contributed by atoms with van der Waals surface area (Å²) in [6.45, 7) is 1.80. The Morgan fingerprint density at radius 3 is 1.53 bits per heavy atom. The third kappa shape index (κ3) is 22.8. The third-order valence-electron chi connectivity index (χ3n) is 5.41. The molecule has 0 aliphatic carbocycles. The van der Waals surface area contributed by atoms with Gasteiger partial charge in [0.1, 0.15) is 0 Å². The number of carbonyl (C=O) groups excluding carboxylic acids is 1. The zero-order valence-corrected chi connectivity index (χ0v) is 19.3. The number of aliphatic hydroxyl groups is 2. The first kappa shape index (κ1) is 28.5. The van der Waals surface area contributed by atoms with Crippen LogP contribution in [0.25, 0.3) is 0 Å². The van der Waals surface area contributed by atoms with Gasteiger partial charge in [0.15, 0.2) is 5.79 Å². The molecule has 0 radical (unpaired) electrons. The Morgan fingerprint density at radius 2 is 1.10 bits per heavy atom. The van der Waals surface area contributed by atoms with Crippen molar-refractivity contribution in [3.63, 3.8) is 0 Å². The van der Waals surface area contributed by atoms with Crippen LogP contribution in [0.5, 0.6) is 0 Å². The first-order chi connectivity index (χ1) is 14.5. The fraction of sp³-hybridized carbons (Fsp3) is 0.808. The Kier molecular flexibility index (Phi) is 19.7. The largest absolute Gasteiger partial charge is 0.370 e. The minimum atomic E-state index is -1.46. The normalized spacial score (nSPS) is 10.8. The Labute approximate surface area is 185 Å². The van der Waals surface area contributed by atoms with Crippen molar-refractivity contribution in [3.8, 4) is 23.7 Å². The molecule has 0 atom stereocenters. The van der Waals surface area contributed by atoms with Crippen LogP contribution in [-0.2, 0) is 4.79 Å². The molecule has 0 heterocycles. The highest BCUT2D eigenvalue weighted by atomic mass is 16.5. The van der Waals surface area contributed by atoms with E-state index >= 15 is 0 Å². The highest BCUT2D eigenvalue weighted by Crippen LogP contribution is 2.17. The molecule has 4 nitrogen and oxygen atoms in total. The summed E-state index contributed by atoms with van der Waals surface area (Å²) in [5.74, 6) is 10.5. The number of unbranched alkanes of at least 4 members (excludes halogenated alkanes) is 14. The summed E-state index contributed by atoms with van der Waals surface area (Å²) in [5, 5.41) is 19.0. The number of hydrogen-bond acceptors (Lipinski definition) is 3. The highest BCUT2D eigenvalue weighted by molar-refractivity contribution is 5.73. The topological polar surface area (TPSA) is 83.6 Å². The molecular weight excluding hydrogens is 374 g/mol. The lowest BCUT2D eigenvalue weighted by Crippen LogP contribution is -2.26. The highest BCUT2D eigenvalue weighted by Gasteiger charge is 2.18. The SMILES string of the molecule is CCC(O)(O)CCCCCCCCCCC#CC#CCCCCCCCCC(N)=O. The Morgan fingerprint density at radius 1 is 0.700 bits per heavy atom. The fourth-order valence-corrected chi connectivity index (χ4v) is 3.29. The van der Waals surface area contributed by atoms with E-state index in [9.17, 15) is 15.0 Å². The fourth-order valence-electron chi connectivity index (χ4n) is 3.29. The van der Waals surface area contributed by atoms with Crippen molar-refractivity contribution in [2.45, 2.75) is 135 Å². The van der Waals surface area contributed by atoms with E-state index in [1.807, 2.05) is 0 Å². The van der Waals surface area contributed by atoms with Crippen LogP contribution in [0.15, 0.2) is 0 Å². The molecule has 0 saturated heterocycles. The van der Waals surface area contributed by atoms with E-state index in [0.29, 0.717) is 19.3 Å². The minimum Gasteiger partial charge on any atom is -0.370 e. The molecule has 4 heteroatoms. The Balaban J connectivity index is 3.32. The van der Waals surface area contributed by atoms with Gasteiger partial charge in [-0.25, -0.2) is 0 Å². The van der Waals surface area contributed by atoms with Gasteiger partial charge < -0.3 is 15.9 Å². The van der Waals surface area contributed by atoms with Crippen molar-refractivity contribution in [2.24, 2.45) is 5.73 Å². The molecule has 172 valence electrons. The molecule has 0 unspecified atom stereocenters. The van der Waals surface area contributed by atoms with E-state index in [1.165, 1.54) is 51.4 Å². The van der Waals surface area contributed by atoms with E-state index in [-0.39, 0.29) is 5.91 Å².